The van der Waals surface area contributed by atoms with Gasteiger partial charge in [0, 0.05) is 29.9 Å². The first-order valence-electron chi connectivity index (χ1n) is 9.81. The highest BCUT2D eigenvalue weighted by Gasteiger charge is 2.38. The van der Waals surface area contributed by atoms with Crippen molar-refractivity contribution in [2.24, 2.45) is 5.92 Å². The van der Waals surface area contributed by atoms with Gasteiger partial charge in [-0.3, -0.25) is 14.5 Å². The van der Waals surface area contributed by atoms with Crippen LogP contribution in [0.3, 0.4) is 0 Å². The van der Waals surface area contributed by atoms with E-state index in [1.165, 1.54) is 5.56 Å². The molecule has 5 nitrogen and oxygen atoms in total. The van der Waals surface area contributed by atoms with Crippen LogP contribution in [-0.4, -0.2) is 49.9 Å². The first-order valence-corrected chi connectivity index (χ1v) is 9.81. The van der Waals surface area contributed by atoms with Gasteiger partial charge in [-0.25, -0.2) is 0 Å². The first-order chi connectivity index (χ1) is 12.8. The predicted molar refractivity (Wildman–Crippen MR) is 107 cm³/mol. The van der Waals surface area contributed by atoms with Crippen LogP contribution in [0, 0.1) is 5.92 Å². The van der Waals surface area contributed by atoms with E-state index in [9.17, 15) is 9.59 Å². The Morgan fingerprint density at radius 3 is 2.52 bits per heavy atom. The molecule has 0 spiro atoms. The van der Waals surface area contributed by atoms with Crippen LogP contribution in [-0.2, 0) is 19.7 Å². The molecule has 1 aromatic carbocycles. The lowest BCUT2D eigenvalue weighted by Gasteiger charge is -2.30. The Morgan fingerprint density at radius 2 is 1.89 bits per heavy atom. The molecule has 0 radical (unpaired) electrons. The Morgan fingerprint density at radius 1 is 1.22 bits per heavy atom. The van der Waals surface area contributed by atoms with Crippen molar-refractivity contribution in [2.45, 2.75) is 39.0 Å². The molecule has 0 N–H and O–H groups in total. The summed E-state index contributed by atoms with van der Waals surface area (Å²) in [5.41, 5.74) is 3.27. The Kier molecular flexibility index (Phi) is 5.70. The number of likely N-dealkylation sites (tertiary alicyclic amines) is 1. The Balaban J connectivity index is 1.62. The van der Waals surface area contributed by atoms with Crippen LogP contribution < -0.4 is 4.90 Å². The van der Waals surface area contributed by atoms with Gasteiger partial charge in [0.1, 0.15) is 0 Å². The van der Waals surface area contributed by atoms with E-state index in [-0.39, 0.29) is 23.1 Å². The van der Waals surface area contributed by atoms with Crippen molar-refractivity contribution in [3.05, 3.63) is 41.6 Å². The van der Waals surface area contributed by atoms with Gasteiger partial charge in [0.15, 0.2) is 5.78 Å². The van der Waals surface area contributed by atoms with Crippen LogP contribution in [0.15, 0.2) is 36.0 Å². The van der Waals surface area contributed by atoms with Crippen molar-refractivity contribution in [1.29, 1.82) is 0 Å². The largest absolute Gasteiger partial charge is 0.466 e. The molecule has 0 aliphatic carbocycles. The second-order valence-corrected chi connectivity index (χ2v) is 8.00. The zero-order valence-corrected chi connectivity index (χ0v) is 16.8. The summed E-state index contributed by atoms with van der Waals surface area (Å²) >= 11 is 0. The lowest BCUT2D eigenvalue weighted by molar-refractivity contribution is -0.149. The molecule has 1 saturated heterocycles. The summed E-state index contributed by atoms with van der Waals surface area (Å²) in [4.78, 5) is 28.9. The van der Waals surface area contributed by atoms with Crippen molar-refractivity contribution in [1.82, 2.24) is 4.90 Å². The van der Waals surface area contributed by atoms with Crippen molar-refractivity contribution < 1.29 is 14.3 Å². The quantitative estimate of drug-likeness (QED) is 0.589. The van der Waals surface area contributed by atoms with Crippen LogP contribution in [0.4, 0.5) is 5.69 Å². The van der Waals surface area contributed by atoms with Gasteiger partial charge in [0.25, 0.3) is 0 Å². The average Bonchev–Trinajstić information content (AvgIpc) is 2.84. The highest BCUT2D eigenvalue weighted by molar-refractivity contribution is 5.94. The van der Waals surface area contributed by atoms with E-state index < -0.39 is 0 Å². The number of likely N-dealkylation sites (N-methyl/N-ethyl adjacent to an activating group) is 1. The average molecular weight is 370 g/mol. The molecule has 5 heteroatoms. The maximum Gasteiger partial charge on any atom is 0.309 e. The van der Waals surface area contributed by atoms with Gasteiger partial charge in [-0.1, -0.05) is 32.0 Å². The molecule has 27 heavy (non-hydrogen) atoms. The fourth-order valence-corrected chi connectivity index (χ4v) is 4.26. The molecule has 0 unspecified atom stereocenters. The fourth-order valence-electron chi connectivity index (χ4n) is 4.26. The zero-order chi connectivity index (χ0) is 19.6. The Labute approximate surface area is 162 Å². The van der Waals surface area contributed by atoms with Gasteiger partial charge in [-0.05, 0) is 44.5 Å². The third-order valence-corrected chi connectivity index (χ3v) is 5.83. The number of allylic oxidation sites excluding steroid dienone is 1. The van der Waals surface area contributed by atoms with Gasteiger partial charge >= 0.3 is 5.97 Å². The standard InChI is InChI=1S/C22H30N2O3/c1-5-27-21(26)16-10-12-24(13-11-16)15-17(25)14-20-22(2,3)18-8-6-7-9-19(18)23(20)4/h6-9,14,16H,5,10-13,15H2,1-4H3. The Bertz CT molecular complexity index is 746. The van der Waals surface area contributed by atoms with Gasteiger partial charge < -0.3 is 9.64 Å². The number of ether oxygens (including phenoxy) is 1. The maximum absolute atomic E-state index is 12.7. The van der Waals surface area contributed by atoms with Crippen LogP contribution in [0.25, 0.3) is 0 Å². The van der Waals surface area contributed by atoms with Crippen molar-refractivity contribution in [3.8, 4) is 0 Å². The molecule has 0 aromatic heterocycles. The third-order valence-electron chi connectivity index (χ3n) is 5.83. The second-order valence-electron chi connectivity index (χ2n) is 8.00. The molecule has 0 bridgehead atoms. The Hall–Kier alpha value is -2.14. The predicted octanol–water partition coefficient (Wildman–Crippen LogP) is 3.14. The minimum atomic E-state index is -0.183. The first kappa shape index (κ1) is 19.6. The number of carbonyl (C=O) groups excluding carboxylic acids is 2. The minimum Gasteiger partial charge on any atom is -0.466 e. The minimum absolute atomic E-state index is 0.0240. The van der Waals surface area contributed by atoms with Crippen molar-refractivity contribution >= 4 is 17.4 Å². The smallest absolute Gasteiger partial charge is 0.309 e. The number of carbonyl (C=O) groups is 2. The van der Waals surface area contributed by atoms with E-state index in [0.717, 1.165) is 37.3 Å². The van der Waals surface area contributed by atoms with E-state index in [1.807, 2.05) is 26.1 Å². The monoisotopic (exact) mass is 370 g/mol. The summed E-state index contributed by atoms with van der Waals surface area (Å²) in [6, 6.07) is 8.32. The molecule has 0 amide bonds. The summed E-state index contributed by atoms with van der Waals surface area (Å²) in [5, 5.41) is 0. The number of esters is 1. The summed E-state index contributed by atoms with van der Waals surface area (Å²) in [6.07, 6.45) is 3.33. The highest BCUT2D eigenvalue weighted by atomic mass is 16.5. The van der Waals surface area contributed by atoms with E-state index in [4.69, 9.17) is 4.74 Å². The molecule has 2 aliphatic heterocycles. The number of anilines is 1. The number of hydrogen-bond donors (Lipinski definition) is 0. The zero-order valence-electron chi connectivity index (χ0n) is 16.8. The number of piperidine rings is 1. The van der Waals surface area contributed by atoms with E-state index in [0.29, 0.717) is 13.2 Å². The van der Waals surface area contributed by atoms with Gasteiger partial charge in [-0.2, -0.15) is 0 Å². The molecule has 3 rings (SSSR count). The number of ketones is 1. The van der Waals surface area contributed by atoms with Crippen molar-refractivity contribution in [3.63, 3.8) is 0 Å². The molecule has 146 valence electrons. The summed E-state index contributed by atoms with van der Waals surface area (Å²) in [7, 11) is 2.03. The fraction of sp³-hybridized carbons (Fsp3) is 0.545. The van der Waals surface area contributed by atoms with Gasteiger partial charge in [0.2, 0.25) is 0 Å². The molecular formula is C22H30N2O3. The number of nitrogens with zero attached hydrogens (tertiary/aromatic N) is 2. The lowest BCUT2D eigenvalue weighted by atomic mass is 9.83. The maximum atomic E-state index is 12.7. The van der Waals surface area contributed by atoms with E-state index in [1.54, 1.807) is 6.08 Å². The molecule has 0 atom stereocenters. The summed E-state index contributed by atoms with van der Waals surface area (Å²) in [6.45, 7) is 8.52. The number of benzene rings is 1. The topological polar surface area (TPSA) is 49.9 Å². The molecule has 2 heterocycles. The molecule has 2 aliphatic rings. The molecule has 1 aromatic rings. The van der Waals surface area contributed by atoms with Gasteiger partial charge in [0.05, 0.1) is 19.1 Å². The number of rotatable bonds is 5. The summed E-state index contributed by atoms with van der Waals surface area (Å²) in [5.74, 6) is -0.00550. The SMILES string of the molecule is CCOC(=O)C1CCN(CC(=O)C=C2N(C)c3ccccc3C2(C)C)CC1. The third kappa shape index (κ3) is 3.93. The lowest BCUT2D eigenvalue weighted by Crippen LogP contribution is -2.39. The number of hydrogen-bond acceptors (Lipinski definition) is 5. The van der Waals surface area contributed by atoms with Gasteiger partial charge in [-0.15, -0.1) is 0 Å². The van der Waals surface area contributed by atoms with E-state index in [2.05, 4.69) is 35.8 Å². The van der Waals surface area contributed by atoms with Crippen molar-refractivity contribution in [2.75, 3.05) is 38.2 Å². The number of para-hydroxylation sites is 1. The van der Waals surface area contributed by atoms with Crippen LogP contribution >= 0.6 is 0 Å². The highest BCUT2D eigenvalue weighted by Crippen LogP contribution is 2.46. The van der Waals surface area contributed by atoms with Crippen LogP contribution in [0.1, 0.15) is 39.2 Å². The van der Waals surface area contributed by atoms with E-state index >= 15 is 0 Å². The number of fused-ring (bicyclic) bond motifs is 1. The normalized spacial score (nSPS) is 21.3. The molecule has 1 fully saturated rings. The van der Waals surface area contributed by atoms with Crippen LogP contribution in [0.2, 0.25) is 0 Å². The van der Waals surface area contributed by atoms with Crippen LogP contribution in [0.5, 0.6) is 0 Å². The molecular weight excluding hydrogens is 340 g/mol. The summed E-state index contributed by atoms with van der Waals surface area (Å²) < 4.78 is 5.11. The molecule has 0 saturated carbocycles. The second kappa shape index (κ2) is 7.85.